The van der Waals surface area contributed by atoms with Crippen LogP contribution >= 0.6 is 11.6 Å². The van der Waals surface area contributed by atoms with Gasteiger partial charge in [-0.1, -0.05) is 11.6 Å². The van der Waals surface area contributed by atoms with Gasteiger partial charge in [0.15, 0.2) is 6.61 Å². The molecule has 0 saturated heterocycles. The molecule has 0 saturated carbocycles. The number of rotatable bonds is 4. The van der Waals surface area contributed by atoms with E-state index in [0.717, 1.165) is 0 Å². The van der Waals surface area contributed by atoms with Crippen LogP contribution in [-0.4, -0.2) is 23.7 Å². The van der Waals surface area contributed by atoms with Crippen molar-refractivity contribution < 1.29 is 22.7 Å². The summed E-state index contributed by atoms with van der Waals surface area (Å²) in [6.07, 6.45) is -3.35. The summed E-state index contributed by atoms with van der Waals surface area (Å²) in [4.78, 5) is 15.9. The number of anilines is 1. The van der Waals surface area contributed by atoms with Gasteiger partial charge in [-0.3, -0.25) is 4.79 Å². The highest BCUT2D eigenvalue weighted by atomic mass is 35.5. The number of alkyl halides is 3. The predicted molar refractivity (Wildman–Crippen MR) is 79.9 cm³/mol. The van der Waals surface area contributed by atoms with Crippen LogP contribution in [-0.2, 0) is 0 Å². The number of nitrogens with zero attached hydrogens (tertiary/aromatic N) is 2. The minimum atomic E-state index is -4.55. The molecule has 24 heavy (non-hydrogen) atoms. The number of amides is 1. The van der Waals surface area contributed by atoms with E-state index >= 15 is 0 Å². The van der Waals surface area contributed by atoms with E-state index in [9.17, 15) is 18.0 Å². The van der Waals surface area contributed by atoms with E-state index in [-0.39, 0.29) is 21.8 Å². The fourth-order valence-electron chi connectivity index (χ4n) is 1.72. The van der Waals surface area contributed by atoms with Gasteiger partial charge >= 0.3 is 6.18 Å². The predicted octanol–water partition coefficient (Wildman–Crippen LogP) is 3.80. The summed E-state index contributed by atoms with van der Waals surface area (Å²) in [5.41, 5.74) is 0.232. The Morgan fingerprint density at radius 1 is 1.38 bits per heavy atom. The Morgan fingerprint density at radius 3 is 2.79 bits per heavy atom. The lowest BCUT2D eigenvalue weighted by Crippen LogP contribution is -2.22. The van der Waals surface area contributed by atoms with Crippen LogP contribution < -0.4 is 10.1 Å². The second-order valence-corrected chi connectivity index (χ2v) is 4.93. The number of carbonyl (C=O) groups is 1. The van der Waals surface area contributed by atoms with E-state index in [4.69, 9.17) is 16.9 Å². The van der Waals surface area contributed by atoms with Crippen LogP contribution in [0.1, 0.15) is 15.9 Å². The summed E-state index contributed by atoms with van der Waals surface area (Å²) in [7, 11) is 0. The van der Waals surface area contributed by atoms with Crippen molar-refractivity contribution in [3.05, 3.63) is 52.7 Å². The summed E-state index contributed by atoms with van der Waals surface area (Å²) in [5, 5.41) is 11.6. The molecule has 0 aliphatic rings. The molecule has 0 fully saturated rings. The quantitative estimate of drug-likeness (QED) is 0.905. The number of pyridine rings is 1. The van der Waals surface area contributed by atoms with Crippen LogP contribution in [0.3, 0.4) is 0 Å². The van der Waals surface area contributed by atoms with Gasteiger partial charge < -0.3 is 10.1 Å². The van der Waals surface area contributed by atoms with Crippen molar-refractivity contribution in [3.63, 3.8) is 0 Å². The number of hydrogen-bond acceptors (Lipinski definition) is 4. The van der Waals surface area contributed by atoms with Crippen molar-refractivity contribution in [1.29, 1.82) is 5.26 Å². The highest BCUT2D eigenvalue weighted by Crippen LogP contribution is 2.23. The third-order valence-corrected chi connectivity index (χ3v) is 3.06. The summed E-state index contributed by atoms with van der Waals surface area (Å²) in [6, 6.07) is 8.72. The van der Waals surface area contributed by atoms with E-state index in [1.54, 1.807) is 0 Å². The van der Waals surface area contributed by atoms with Crippen molar-refractivity contribution in [3.8, 4) is 11.9 Å². The highest BCUT2D eigenvalue weighted by molar-refractivity contribution is 6.31. The SMILES string of the molecule is N#Cc1cc(NC(=O)c2cccnc2OCC(F)(F)F)ccc1Cl. The van der Waals surface area contributed by atoms with Gasteiger partial charge in [0, 0.05) is 11.9 Å². The highest BCUT2D eigenvalue weighted by Gasteiger charge is 2.29. The van der Waals surface area contributed by atoms with Crippen LogP contribution in [0.15, 0.2) is 36.5 Å². The monoisotopic (exact) mass is 355 g/mol. The van der Waals surface area contributed by atoms with Gasteiger partial charge in [0.05, 0.1) is 10.6 Å². The molecule has 2 rings (SSSR count). The first-order valence-corrected chi connectivity index (χ1v) is 6.83. The fourth-order valence-corrected chi connectivity index (χ4v) is 1.88. The van der Waals surface area contributed by atoms with Crippen molar-refractivity contribution in [2.24, 2.45) is 0 Å². The molecule has 9 heteroatoms. The molecule has 124 valence electrons. The summed E-state index contributed by atoms with van der Waals surface area (Å²) >= 11 is 5.79. The molecule has 0 unspecified atom stereocenters. The average molecular weight is 356 g/mol. The number of hydrogen-bond donors (Lipinski definition) is 1. The Hall–Kier alpha value is -2.79. The number of benzene rings is 1. The zero-order valence-electron chi connectivity index (χ0n) is 11.9. The van der Waals surface area contributed by atoms with Gasteiger partial charge in [-0.2, -0.15) is 18.4 Å². The number of aromatic nitrogens is 1. The Balaban J connectivity index is 2.20. The molecule has 0 bridgehead atoms. The van der Waals surface area contributed by atoms with Crippen molar-refractivity contribution in [2.45, 2.75) is 6.18 Å². The lowest BCUT2D eigenvalue weighted by molar-refractivity contribution is -0.154. The van der Waals surface area contributed by atoms with Crippen molar-refractivity contribution >= 4 is 23.2 Å². The lowest BCUT2D eigenvalue weighted by Gasteiger charge is -2.12. The van der Waals surface area contributed by atoms with Crippen LogP contribution in [0, 0.1) is 11.3 Å². The normalized spacial score (nSPS) is 10.8. The maximum Gasteiger partial charge on any atom is 0.422 e. The third kappa shape index (κ3) is 4.60. The van der Waals surface area contributed by atoms with Gasteiger partial charge in [-0.25, -0.2) is 4.98 Å². The molecule has 1 N–H and O–H groups in total. The number of carbonyl (C=O) groups excluding carboxylic acids is 1. The number of nitrogens with one attached hydrogen (secondary N) is 1. The Labute approximate surface area is 139 Å². The van der Waals surface area contributed by atoms with Gasteiger partial charge in [0.1, 0.15) is 11.6 Å². The molecule has 0 spiro atoms. The van der Waals surface area contributed by atoms with Crippen molar-refractivity contribution in [2.75, 3.05) is 11.9 Å². The summed E-state index contributed by atoms with van der Waals surface area (Å²) in [5.74, 6) is -1.17. The lowest BCUT2D eigenvalue weighted by atomic mass is 10.2. The molecule has 2 aromatic rings. The smallest absolute Gasteiger partial charge is 0.422 e. The Morgan fingerprint density at radius 2 is 2.12 bits per heavy atom. The van der Waals surface area contributed by atoms with E-state index in [1.807, 2.05) is 6.07 Å². The Bertz CT molecular complexity index is 803. The van der Waals surface area contributed by atoms with Gasteiger partial charge in [0.2, 0.25) is 5.88 Å². The second-order valence-electron chi connectivity index (χ2n) is 4.52. The Kier molecular flexibility index (Phi) is 5.26. The number of nitriles is 1. The van der Waals surface area contributed by atoms with E-state index < -0.39 is 24.6 Å². The standard InChI is InChI=1S/C15H9ClF3N3O2/c16-12-4-3-10(6-9(12)7-20)22-13(23)11-2-1-5-21-14(11)24-8-15(17,18)19/h1-6H,8H2,(H,22,23). The van der Waals surface area contributed by atoms with Crippen LogP contribution in [0.5, 0.6) is 5.88 Å². The van der Waals surface area contributed by atoms with E-state index in [0.29, 0.717) is 0 Å². The molecular formula is C15H9ClF3N3O2. The third-order valence-electron chi connectivity index (χ3n) is 2.73. The zero-order chi connectivity index (χ0) is 17.7. The van der Waals surface area contributed by atoms with Gasteiger partial charge in [0.25, 0.3) is 5.91 Å². The first-order chi connectivity index (χ1) is 11.3. The molecule has 1 aromatic carbocycles. The molecule has 1 amide bonds. The zero-order valence-corrected chi connectivity index (χ0v) is 12.6. The molecule has 0 aliphatic carbocycles. The van der Waals surface area contributed by atoms with Gasteiger partial charge in [-0.05, 0) is 30.3 Å². The number of ether oxygens (including phenoxy) is 1. The molecule has 1 aromatic heterocycles. The average Bonchev–Trinajstić information content (AvgIpc) is 2.54. The molecule has 5 nitrogen and oxygen atoms in total. The maximum absolute atomic E-state index is 12.2. The topological polar surface area (TPSA) is 75.0 Å². The van der Waals surface area contributed by atoms with E-state index in [1.165, 1.54) is 36.5 Å². The molecule has 0 radical (unpaired) electrons. The summed E-state index contributed by atoms with van der Waals surface area (Å²) in [6.45, 7) is -1.57. The second kappa shape index (κ2) is 7.19. The minimum absolute atomic E-state index is 0.147. The van der Waals surface area contributed by atoms with Crippen molar-refractivity contribution in [1.82, 2.24) is 4.98 Å². The van der Waals surface area contributed by atoms with Crippen LogP contribution in [0.25, 0.3) is 0 Å². The largest absolute Gasteiger partial charge is 0.467 e. The van der Waals surface area contributed by atoms with Gasteiger partial charge in [-0.15, -0.1) is 0 Å². The van der Waals surface area contributed by atoms with Crippen LogP contribution in [0.2, 0.25) is 5.02 Å². The molecular weight excluding hydrogens is 347 g/mol. The first-order valence-electron chi connectivity index (χ1n) is 6.46. The minimum Gasteiger partial charge on any atom is -0.467 e. The van der Waals surface area contributed by atoms with Crippen LogP contribution in [0.4, 0.5) is 18.9 Å². The molecule has 1 heterocycles. The fraction of sp³-hybridized carbons (Fsp3) is 0.133. The first kappa shape index (κ1) is 17.6. The molecule has 0 atom stereocenters. The summed E-state index contributed by atoms with van der Waals surface area (Å²) < 4.78 is 41.3. The molecule has 0 aliphatic heterocycles. The van der Waals surface area contributed by atoms with E-state index in [2.05, 4.69) is 15.0 Å². The maximum atomic E-state index is 12.2. The number of halogens is 4.